The molecule has 8 nitrogen and oxygen atoms in total. The van der Waals surface area contributed by atoms with Crippen LogP contribution in [0.1, 0.15) is 34.8 Å². The number of carbonyl (C=O) groups is 2. The smallest absolute Gasteiger partial charge is 0.322 e. The molecular formula is C23H19N3O5. The highest BCUT2D eigenvalue weighted by Gasteiger charge is 2.29. The van der Waals surface area contributed by atoms with Crippen LogP contribution in [0.5, 0.6) is 0 Å². The number of hydrogen-bond donors (Lipinski definition) is 2. The second-order valence-electron chi connectivity index (χ2n) is 7.72. The quantitative estimate of drug-likeness (QED) is 0.515. The van der Waals surface area contributed by atoms with E-state index < -0.39 is 18.4 Å². The summed E-state index contributed by atoms with van der Waals surface area (Å²) in [6.07, 6.45) is 3.23. The predicted octanol–water partition coefficient (Wildman–Crippen LogP) is 3.27. The Labute approximate surface area is 176 Å². The van der Waals surface area contributed by atoms with Gasteiger partial charge in [-0.1, -0.05) is 18.2 Å². The van der Waals surface area contributed by atoms with Crippen LogP contribution in [0.3, 0.4) is 0 Å². The maximum atomic E-state index is 13.1. The van der Waals surface area contributed by atoms with E-state index in [-0.39, 0.29) is 11.6 Å². The first kappa shape index (κ1) is 19.0. The normalized spacial score (nSPS) is 13.6. The zero-order chi connectivity index (χ0) is 21.7. The fourth-order valence-corrected chi connectivity index (χ4v) is 4.05. The average Bonchev–Trinajstić information content (AvgIpc) is 3.47. The lowest BCUT2D eigenvalue weighted by Gasteiger charge is -2.15. The topological polar surface area (TPSA) is 114 Å². The van der Waals surface area contributed by atoms with Gasteiger partial charge in [0, 0.05) is 17.0 Å². The molecule has 1 saturated carbocycles. The molecule has 2 heterocycles. The van der Waals surface area contributed by atoms with Gasteiger partial charge in [0.15, 0.2) is 17.5 Å². The van der Waals surface area contributed by atoms with Crippen LogP contribution >= 0.6 is 0 Å². The Morgan fingerprint density at radius 2 is 1.94 bits per heavy atom. The van der Waals surface area contributed by atoms with Crippen molar-refractivity contribution in [2.24, 2.45) is 0 Å². The molecule has 4 aromatic rings. The zero-order valence-corrected chi connectivity index (χ0v) is 16.7. The number of carboxylic acids is 1. The van der Waals surface area contributed by atoms with E-state index in [2.05, 4.69) is 10.3 Å². The van der Waals surface area contributed by atoms with Gasteiger partial charge in [0.05, 0.1) is 5.52 Å². The molecule has 0 unspecified atom stereocenters. The van der Waals surface area contributed by atoms with Gasteiger partial charge in [-0.25, -0.2) is 4.98 Å². The summed E-state index contributed by atoms with van der Waals surface area (Å²) >= 11 is 0. The van der Waals surface area contributed by atoms with Crippen LogP contribution in [0.15, 0.2) is 52.0 Å². The molecule has 2 aromatic heterocycles. The Hall–Kier alpha value is -3.94. The second-order valence-corrected chi connectivity index (χ2v) is 7.72. The molecule has 0 radical (unpaired) electrons. The highest BCUT2D eigenvalue weighted by molar-refractivity contribution is 6.04. The summed E-state index contributed by atoms with van der Waals surface area (Å²) in [6, 6.07) is 11.0. The van der Waals surface area contributed by atoms with E-state index in [9.17, 15) is 14.4 Å². The highest BCUT2D eigenvalue weighted by Crippen LogP contribution is 2.40. The van der Waals surface area contributed by atoms with E-state index in [0.29, 0.717) is 16.7 Å². The molecule has 2 aromatic carbocycles. The Bertz CT molecular complexity index is 1410. The number of pyridine rings is 1. The predicted molar refractivity (Wildman–Crippen MR) is 114 cm³/mol. The number of benzene rings is 2. The van der Waals surface area contributed by atoms with Crippen molar-refractivity contribution in [2.75, 3.05) is 6.54 Å². The molecule has 1 aliphatic carbocycles. The van der Waals surface area contributed by atoms with E-state index in [1.165, 1.54) is 6.39 Å². The molecule has 0 bridgehead atoms. The Morgan fingerprint density at radius 1 is 1.19 bits per heavy atom. The molecule has 1 amide bonds. The van der Waals surface area contributed by atoms with E-state index in [0.717, 1.165) is 40.4 Å². The third kappa shape index (κ3) is 3.16. The molecule has 0 saturated heterocycles. The fourth-order valence-electron chi connectivity index (χ4n) is 4.05. The number of carboxylic acid groups (broad SMARTS) is 1. The number of amides is 1. The number of carbonyl (C=O) groups excluding carboxylic acids is 1. The monoisotopic (exact) mass is 417 g/mol. The van der Waals surface area contributed by atoms with Crippen molar-refractivity contribution in [3.05, 3.63) is 64.3 Å². The van der Waals surface area contributed by atoms with Crippen LogP contribution in [0, 0.1) is 6.92 Å². The number of rotatable bonds is 5. The first-order chi connectivity index (χ1) is 15.0. The molecule has 0 aliphatic heterocycles. The number of nitrogens with one attached hydrogen (secondary N) is 1. The maximum Gasteiger partial charge on any atom is 0.322 e. The van der Waals surface area contributed by atoms with Gasteiger partial charge in [-0.05, 0) is 54.7 Å². The fraction of sp³-hybridized carbons (Fsp3) is 0.217. The molecule has 8 heteroatoms. The number of nitrogens with zero attached hydrogens (tertiary/aromatic N) is 2. The van der Waals surface area contributed by atoms with Crippen molar-refractivity contribution in [3.8, 4) is 11.1 Å². The van der Waals surface area contributed by atoms with Gasteiger partial charge in [0.1, 0.15) is 6.54 Å². The number of oxazole rings is 1. The highest BCUT2D eigenvalue weighted by atomic mass is 16.4. The lowest BCUT2D eigenvalue weighted by molar-refractivity contribution is -0.135. The summed E-state index contributed by atoms with van der Waals surface area (Å²) in [5, 5.41) is 11.9. The Kier molecular flexibility index (Phi) is 4.35. The van der Waals surface area contributed by atoms with Crippen molar-refractivity contribution in [2.45, 2.75) is 25.8 Å². The number of aliphatic carboxylic acids is 1. The van der Waals surface area contributed by atoms with Crippen LogP contribution in [-0.2, 0) is 4.79 Å². The van der Waals surface area contributed by atoms with Crippen molar-refractivity contribution in [1.29, 1.82) is 0 Å². The summed E-state index contributed by atoms with van der Waals surface area (Å²) in [4.78, 5) is 39.9. The van der Waals surface area contributed by atoms with E-state index in [1.807, 2.05) is 35.8 Å². The first-order valence-corrected chi connectivity index (χ1v) is 9.97. The van der Waals surface area contributed by atoms with Gasteiger partial charge in [0.2, 0.25) is 0 Å². The van der Waals surface area contributed by atoms with Crippen molar-refractivity contribution in [1.82, 2.24) is 14.9 Å². The van der Waals surface area contributed by atoms with Crippen LogP contribution in [0.4, 0.5) is 0 Å². The molecule has 156 valence electrons. The van der Waals surface area contributed by atoms with E-state index in [1.54, 1.807) is 12.1 Å². The Balaban J connectivity index is 1.61. The van der Waals surface area contributed by atoms with Crippen molar-refractivity contribution < 1.29 is 19.1 Å². The maximum absolute atomic E-state index is 13.1. The van der Waals surface area contributed by atoms with Gasteiger partial charge >= 0.3 is 5.97 Å². The summed E-state index contributed by atoms with van der Waals surface area (Å²) in [5.74, 6) is -1.54. The van der Waals surface area contributed by atoms with Crippen molar-refractivity contribution >= 4 is 33.9 Å². The van der Waals surface area contributed by atoms with Crippen LogP contribution in [0.2, 0.25) is 0 Å². The van der Waals surface area contributed by atoms with E-state index in [4.69, 9.17) is 9.52 Å². The minimum absolute atomic E-state index is 0.135. The standard InChI is InChI=1S/C23H19N3O5/c1-12-16(13-2-4-14(5-3-13)22(29)24-10-18(27)28)8-9-17-20(12)26(15-6-7-15)23(30)19-21(17)31-11-25-19/h2-5,8-9,11,15H,6-7,10H2,1H3,(H,24,29)(H,27,28). The minimum Gasteiger partial charge on any atom is -0.480 e. The second kappa shape index (κ2) is 7.09. The first-order valence-electron chi connectivity index (χ1n) is 9.97. The Morgan fingerprint density at radius 3 is 2.61 bits per heavy atom. The molecule has 5 rings (SSSR count). The van der Waals surface area contributed by atoms with Crippen LogP contribution in [0.25, 0.3) is 33.1 Å². The van der Waals surface area contributed by atoms with Gasteiger partial charge in [-0.15, -0.1) is 0 Å². The lowest BCUT2D eigenvalue weighted by atomic mass is 9.96. The van der Waals surface area contributed by atoms with Gasteiger partial charge in [0.25, 0.3) is 11.5 Å². The summed E-state index contributed by atoms with van der Waals surface area (Å²) in [5.41, 5.74) is 4.71. The van der Waals surface area contributed by atoms with Crippen LogP contribution in [-0.4, -0.2) is 33.1 Å². The van der Waals surface area contributed by atoms with Crippen molar-refractivity contribution in [3.63, 3.8) is 0 Å². The minimum atomic E-state index is -1.10. The van der Waals surface area contributed by atoms with Gasteiger partial charge in [-0.2, -0.15) is 0 Å². The molecule has 0 spiro atoms. The molecule has 2 N–H and O–H groups in total. The SMILES string of the molecule is Cc1c(-c2ccc(C(=O)NCC(=O)O)cc2)ccc2c3ocnc3c(=O)n(C3CC3)c12. The largest absolute Gasteiger partial charge is 0.480 e. The molecular weight excluding hydrogens is 398 g/mol. The lowest BCUT2D eigenvalue weighted by Crippen LogP contribution is -2.29. The third-order valence-electron chi connectivity index (χ3n) is 5.68. The number of fused-ring (bicyclic) bond motifs is 3. The third-order valence-corrected chi connectivity index (χ3v) is 5.68. The molecule has 0 atom stereocenters. The number of aromatic nitrogens is 2. The molecule has 1 aliphatic rings. The average molecular weight is 417 g/mol. The summed E-state index contributed by atoms with van der Waals surface area (Å²) in [7, 11) is 0. The van der Waals surface area contributed by atoms with Crippen LogP contribution < -0.4 is 10.9 Å². The number of hydrogen-bond acceptors (Lipinski definition) is 5. The summed E-state index contributed by atoms with van der Waals surface area (Å²) in [6.45, 7) is 1.55. The van der Waals surface area contributed by atoms with Gasteiger partial charge in [-0.3, -0.25) is 14.4 Å². The van der Waals surface area contributed by atoms with E-state index >= 15 is 0 Å². The van der Waals surface area contributed by atoms with Gasteiger partial charge < -0.3 is 19.4 Å². The number of aryl methyl sites for hydroxylation is 1. The molecule has 1 fully saturated rings. The zero-order valence-electron chi connectivity index (χ0n) is 16.7. The molecule has 31 heavy (non-hydrogen) atoms. The summed E-state index contributed by atoms with van der Waals surface area (Å²) < 4.78 is 7.38.